The fraction of sp³-hybridized carbons (Fsp3) is 0.286. The molecular weight excluding hydrogens is 356 g/mol. The topological polar surface area (TPSA) is 96.0 Å². The number of aryl methyl sites for hydroxylation is 1. The Labute approximate surface area is 161 Å². The summed E-state index contributed by atoms with van der Waals surface area (Å²) in [4.78, 5) is 36.9. The van der Waals surface area contributed by atoms with E-state index >= 15 is 0 Å². The molecule has 0 aliphatic carbocycles. The van der Waals surface area contributed by atoms with Gasteiger partial charge < -0.3 is 10.6 Å². The molecule has 2 heterocycles. The van der Waals surface area contributed by atoms with Crippen LogP contribution in [-0.2, 0) is 17.8 Å². The molecule has 4 rings (SSSR count). The molecule has 1 unspecified atom stereocenters. The number of H-pyrrole nitrogens is 1. The van der Waals surface area contributed by atoms with Crippen LogP contribution in [0.15, 0.2) is 58.1 Å². The number of hydrogen-bond donors (Lipinski definition) is 3. The van der Waals surface area contributed by atoms with Crippen molar-refractivity contribution in [3.63, 3.8) is 0 Å². The Bertz CT molecular complexity index is 1130. The normalized spacial score (nSPS) is 15.9. The van der Waals surface area contributed by atoms with Gasteiger partial charge in [0.05, 0.1) is 17.3 Å². The van der Waals surface area contributed by atoms with Gasteiger partial charge in [-0.2, -0.15) is 0 Å². The number of carbonyl (C=O) groups is 1. The molecule has 0 saturated carbocycles. The maximum Gasteiger partial charge on any atom is 0.273 e. The highest BCUT2D eigenvalue weighted by molar-refractivity contribution is 5.80. The van der Waals surface area contributed by atoms with E-state index in [9.17, 15) is 14.4 Å². The van der Waals surface area contributed by atoms with E-state index < -0.39 is 0 Å². The van der Waals surface area contributed by atoms with Gasteiger partial charge in [-0.25, -0.2) is 4.68 Å². The van der Waals surface area contributed by atoms with E-state index in [2.05, 4.69) is 27.9 Å². The van der Waals surface area contributed by atoms with Gasteiger partial charge >= 0.3 is 0 Å². The highest BCUT2D eigenvalue weighted by Gasteiger charge is 2.19. The van der Waals surface area contributed by atoms with Crippen molar-refractivity contribution in [2.75, 3.05) is 13.1 Å². The molecule has 2 aromatic carbocycles. The maximum absolute atomic E-state index is 12.5. The molecule has 1 aromatic heterocycles. The first kappa shape index (κ1) is 18.2. The third-order valence-corrected chi connectivity index (χ3v) is 5.17. The fourth-order valence-corrected chi connectivity index (χ4v) is 3.70. The Kier molecular flexibility index (Phi) is 5.08. The first-order valence-corrected chi connectivity index (χ1v) is 9.43. The van der Waals surface area contributed by atoms with Crippen molar-refractivity contribution >= 4 is 16.7 Å². The molecule has 1 atom stereocenters. The monoisotopic (exact) mass is 378 g/mol. The molecule has 0 saturated heterocycles. The minimum absolute atomic E-state index is 0.0806. The Morgan fingerprint density at radius 1 is 1.07 bits per heavy atom. The lowest BCUT2D eigenvalue weighted by atomic mass is 9.94. The van der Waals surface area contributed by atoms with Crippen LogP contribution in [0.5, 0.6) is 0 Å². The molecule has 0 radical (unpaired) electrons. The van der Waals surface area contributed by atoms with E-state index in [0.717, 1.165) is 13.0 Å². The average molecular weight is 378 g/mol. The molecule has 0 bridgehead atoms. The van der Waals surface area contributed by atoms with Gasteiger partial charge in [-0.15, -0.1) is 0 Å². The van der Waals surface area contributed by atoms with Crippen LogP contribution in [0.2, 0.25) is 0 Å². The maximum atomic E-state index is 12.5. The third kappa shape index (κ3) is 3.61. The van der Waals surface area contributed by atoms with Gasteiger partial charge in [-0.05, 0) is 36.2 Å². The molecule has 1 aliphatic heterocycles. The first-order valence-electron chi connectivity index (χ1n) is 9.43. The standard InChI is InChI=1S/C21H22N4O3/c26-19(23-13-18-15-6-2-1-5-14(15)9-11-22-18)10-12-25-21(28)17-8-4-3-7-16(17)20(27)24-25/h1-8,18,22H,9-13H2,(H,23,26)(H,24,27). The van der Waals surface area contributed by atoms with E-state index in [1.807, 2.05) is 12.1 Å². The summed E-state index contributed by atoms with van der Waals surface area (Å²) in [5.41, 5.74) is 1.88. The molecule has 28 heavy (non-hydrogen) atoms. The molecule has 3 N–H and O–H groups in total. The number of nitrogens with zero attached hydrogens (tertiary/aromatic N) is 1. The summed E-state index contributed by atoms with van der Waals surface area (Å²) < 4.78 is 1.21. The van der Waals surface area contributed by atoms with E-state index in [-0.39, 0.29) is 36.0 Å². The van der Waals surface area contributed by atoms with E-state index in [4.69, 9.17) is 0 Å². The number of amides is 1. The summed E-state index contributed by atoms with van der Waals surface area (Å²) in [6.07, 6.45) is 1.10. The van der Waals surface area contributed by atoms with Crippen LogP contribution in [0, 0.1) is 0 Å². The first-order chi connectivity index (χ1) is 13.6. The van der Waals surface area contributed by atoms with Gasteiger partial charge in [-0.1, -0.05) is 36.4 Å². The predicted molar refractivity (Wildman–Crippen MR) is 107 cm³/mol. The van der Waals surface area contributed by atoms with Crippen LogP contribution < -0.4 is 21.8 Å². The van der Waals surface area contributed by atoms with Gasteiger partial charge in [0, 0.05) is 19.0 Å². The number of fused-ring (bicyclic) bond motifs is 2. The number of aromatic nitrogens is 2. The highest BCUT2D eigenvalue weighted by Crippen LogP contribution is 2.21. The zero-order valence-electron chi connectivity index (χ0n) is 15.4. The molecule has 1 amide bonds. The Hall–Kier alpha value is -3.19. The Balaban J connectivity index is 1.40. The Morgan fingerprint density at radius 3 is 2.68 bits per heavy atom. The molecule has 7 nitrogen and oxygen atoms in total. The lowest BCUT2D eigenvalue weighted by Gasteiger charge is -2.27. The lowest BCUT2D eigenvalue weighted by Crippen LogP contribution is -2.39. The molecular formula is C21H22N4O3. The van der Waals surface area contributed by atoms with E-state index in [1.54, 1.807) is 24.3 Å². The summed E-state index contributed by atoms with van der Waals surface area (Å²) in [5, 5.41) is 9.61. The summed E-state index contributed by atoms with van der Waals surface area (Å²) in [6, 6.07) is 15.0. The quantitative estimate of drug-likeness (QED) is 0.619. The summed E-state index contributed by atoms with van der Waals surface area (Å²) in [6.45, 7) is 1.49. The number of rotatable bonds is 5. The van der Waals surface area contributed by atoms with Gasteiger partial charge in [0.1, 0.15) is 0 Å². The second kappa shape index (κ2) is 7.82. The summed E-state index contributed by atoms with van der Waals surface area (Å²) >= 11 is 0. The van der Waals surface area contributed by atoms with Crippen LogP contribution in [0.4, 0.5) is 0 Å². The molecule has 3 aromatic rings. The third-order valence-electron chi connectivity index (χ3n) is 5.17. The van der Waals surface area contributed by atoms with Crippen LogP contribution in [0.1, 0.15) is 23.6 Å². The molecule has 7 heteroatoms. The van der Waals surface area contributed by atoms with Crippen molar-refractivity contribution in [2.45, 2.75) is 25.4 Å². The van der Waals surface area contributed by atoms with Crippen molar-refractivity contribution in [3.05, 3.63) is 80.4 Å². The van der Waals surface area contributed by atoms with Gasteiger partial charge in [0.25, 0.3) is 11.1 Å². The van der Waals surface area contributed by atoms with Gasteiger partial charge in [0.15, 0.2) is 0 Å². The largest absolute Gasteiger partial charge is 0.354 e. The van der Waals surface area contributed by atoms with Crippen LogP contribution in [-0.4, -0.2) is 28.8 Å². The van der Waals surface area contributed by atoms with Crippen molar-refractivity contribution in [1.82, 2.24) is 20.4 Å². The van der Waals surface area contributed by atoms with Gasteiger partial charge in [-0.3, -0.25) is 19.5 Å². The molecule has 0 fully saturated rings. The van der Waals surface area contributed by atoms with E-state index in [0.29, 0.717) is 17.3 Å². The van der Waals surface area contributed by atoms with Crippen molar-refractivity contribution in [1.29, 1.82) is 0 Å². The predicted octanol–water partition coefficient (Wildman–Crippen LogP) is 1.08. The fourth-order valence-electron chi connectivity index (χ4n) is 3.70. The number of aromatic amines is 1. The smallest absolute Gasteiger partial charge is 0.273 e. The highest BCUT2D eigenvalue weighted by atomic mass is 16.2. The minimum atomic E-state index is -0.335. The van der Waals surface area contributed by atoms with Crippen LogP contribution in [0.25, 0.3) is 10.8 Å². The van der Waals surface area contributed by atoms with Crippen molar-refractivity contribution in [3.8, 4) is 0 Å². The number of hydrogen-bond acceptors (Lipinski definition) is 4. The second-order valence-corrected chi connectivity index (χ2v) is 6.95. The number of nitrogens with one attached hydrogen (secondary N) is 3. The SMILES string of the molecule is O=C(CCn1[nH]c(=O)c2ccccc2c1=O)NCC1NCCc2ccccc21. The van der Waals surface area contributed by atoms with Crippen LogP contribution >= 0.6 is 0 Å². The van der Waals surface area contributed by atoms with Crippen molar-refractivity contribution < 1.29 is 4.79 Å². The zero-order valence-corrected chi connectivity index (χ0v) is 15.4. The average Bonchev–Trinajstić information content (AvgIpc) is 2.73. The number of benzene rings is 2. The number of carbonyl (C=O) groups excluding carboxylic acids is 1. The summed E-state index contributed by atoms with van der Waals surface area (Å²) in [5.74, 6) is -0.161. The lowest BCUT2D eigenvalue weighted by molar-refractivity contribution is -0.121. The zero-order chi connectivity index (χ0) is 19.5. The molecule has 1 aliphatic rings. The Morgan fingerprint density at radius 2 is 1.82 bits per heavy atom. The van der Waals surface area contributed by atoms with E-state index in [1.165, 1.54) is 15.8 Å². The van der Waals surface area contributed by atoms with Gasteiger partial charge in [0.2, 0.25) is 5.91 Å². The molecule has 0 spiro atoms. The second-order valence-electron chi connectivity index (χ2n) is 6.95. The summed E-state index contributed by atoms with van der Waals surface area (Å²) in [7, 11) is 0. The van der Waals surface area contributed by atoms with Crippen LogP contribution in [0.3, 0.4) is 0 Å². The molecule has 144 valence electrons. The van der Waals surface area contributed by atoms with Crippen molar-refractivity contribution in [2.24, 2.45) is 0 Å². The minimum Gasteiger partial charge on any atom is -0.354 e.